The first-order valence-electron chi connectivity index (χ1n) is 4.29. The summed E-state index contributed by atoms with van der Waals surface area (Å²) in [5.74, 6) is 0. The second-order valence-corrected chi connectivity index (χ2v) is 3.33. The summed E-state index contributed by atoms with van der Waals surface area (Å²) in [4.78, 5) is 4.10. The number of imidazole rings is 1. The van der Waals surface area contributed by atoms with E-state index in [0.717, 1.165) is 5.69 Å². The lowest BCUT2D eigenvalue weighted by atomic mass is 10.2. The van der Waals surface area contributed by atoms with E-state index in [9.17, 15) is 0 Å². The van der Waals surface area contributed by atoms with Gasteiger partial charge in [-0.05, 0) is 19.8 Å². The lowest BCUT2D eigenvalue weighted by Crippen LogP contribution is -2.01. The molecule has 0 spiro atoms. The SMILES string of the molecule is Cc1cn(C2CCCC2)[c]n1. The minimum atomic E-state index is 0.691. The zero-order valence-corrected chi connectivity index (χ0v) is 6.88. The van der Waals surface area contributed by atoms with Gasteiger partial charge in [-0.2, -0.15) is 0 Å². The number of hydrogen-bond acceptors (Lipinski definition) is 1. The third-order valence-electron chi connectivity index (χ3n) is 2.39. The molecule has 1 aromatic heterocycles. The van der Waals surface area contributed by atoms with Crippen LogP contribution in [-0.2, 0) is 0 Å². The van der Waals surface area contributed by atoms with Crippen molar-refractivity contribution in [3.05, 3.63) is 18.2 Å². The smallest absolute Gasteiger partial charge is 0.176 e. The summed E-state index contributed by atoms with van der Waals surface area (Å²) in [6.07, 6.45) is 10.5. The fourth-order valence-corrected chi connectivity index (χ4v) is 1.77. The van der Waals surface area contributed by atoms with Crippen LogP contribution in [0.3, 0.4) is 0 Å². The standard InChI is InChI=1S/C9H13N2/c1-8-6-11(7-10-8)9-4-2-3-5-9/h6,9H,2-5H2,1H3. The molecule has 1 aliphatic rings. The lowest BCUT2D eigenvalue weighted by Gasteiger charge is -2.08. The van der Waals surface area contributed by atoms with Crippen molar-refractivity contribution < 1.29 is 0 Å². The molecule has 1 saturated carbocycles. The topological polar surface area (TPSA) is 17.8 Å². The molecule has 1 fully saturated rings. The first-order valence-corrected chi connectivity index (χ1v) is 4.29. The maximum absolute atomic E-state index is 4.10. The molecule has 0 saturated heterocycles. The molecule has 0 bridgehead atoms. The zero-order valence-electron chi connectivity index (χ0n) is 6.88. The number of rotatable bonds is 1. The summed E-state index contributed by atoms with van der Waals surface area (Å²) in [5, 5.41) is 0. The number of hydrogen-bond donors (Lipinski definition) is 0. The monoisotopic (exact) mass is 149 g/mol. The van der Waals surface area contributed by atoms with Crippen LogP contribution >= 0.6 is 0 Å². The molecule has 2 heteroatoms. The van der Waals surface area contributed by atoms with Crippen LogP contribution in [0.1, 0.15) is 37.4 Å². The van der Waals surface area contributed by atoms with E-state index in [4.69, 9.17) is 0 Å². The Hall–Kier alpha value is -0.790. The summed E-state index contributed by atoms with van der Waals surface area (Å²) in [7, 11) is 0. The van der Waals surface area contributed by atoms with E-state index >= 15 is 0 Å². The Labute approximate surface area is 67.3 Å². The van der Waals surface area contributed by atoms with Crippen molar-refractivity contribution in [1.29, 1.82) is 0 Å². The van der Waals surface area contributed by atoms with Crippen LogP contribution in [0.2, 0.25) is 0 Å². The molecule has 0 aromatic carbocycles. The highest BCUT2D eigenvalue weighted by Gasteiger charge is 2.16. The quantitative estimate of drug-likeness (QED) is 0.598. The Morgan fingerprint density at radius 3 is 2.82 bits per heavy atom. The van der Waals surface area contributed by atoms with Crippen molar-refractivity contribution in [2.24, 2.45) is 0 Å². The average molecular weight is 149 g/mol. The largest absolute Gasteiger partial charge is 0.325 e. The molecular weight excluding hydrogens is 136 g/mol. The molecule has 0 aliphatic heterocycles. The molecule has 0 atom stereocenters. The molecule has 1 heterocycles. The molecule has 2 nitrogen and oxygen atoms in total. The lowest BCUT2D eigenvalue weighted by molar-refractivity contribution is 0.515. The Kier molecular flexibility index (Phi) is 1.68. The summed E-state index contributed by atoms with van der Waals surface area (Å²) >= 11 is 0. The molecule has 1 aliphatic carbocycles. The van der Waals surface area contributed by atoms with Crippen LogP contribution in [0, 0.1) is 13.3 Å². The predicted octanol–water partition coefficient (Wildman–Crippen LogP) is 2.11. The number of aromatic nitrogens is 2. The summed E-state index contributed by atoms with van der Waals surface area (Å²) in [6.45, 7) is 2.02. The highest BCUT2D eigenvalue weighted by Crippen LogP contribution is 2.28. The van der Waals surface area contributed by atoms with Gasteiger partial charge in [-0.1, -0.05) is 12.8 Å². The van der Waals surface area contributed by atoms with Gasteiger partial charge < -0.3 is 4.57 Å². The molecule has 0 amide bonds. The molecule has 0 unspecified atom stereocenters. The molecule has 2 rings (SSSR count). The van der Waals surface area contributed by atoms with Crippen molar-refractivity contribution in [3.63, 3.8) is 0 Å². The van der Waals surface area contributed by atoms with Crippen molar-refractivity contribution in [2.45, 2.75) is 38.6 Å². The maximum atomic E-state index is 4.10. The second-order valence-electron chi connectivity index (χ2n) is 3.33. The van der Waals surface area contributed by atoms with Crippen molar-refractivity contribution >= 4 is 0 Å². The van der Waals surface area contributed by atoms with Gasteiger partial charge in [-0.3, -0.25) is 0 Å². The van der Waals surface area contributed by atoms with E-state index in [-0.39, 0.29) is 0 Å². The fourth-order valence-electron chi connectivity index (χ4n) is 1.77. The third kappa shape index (κ3) is 1.30. The molecule has 1 aromatic rings. The third-order valence-corrected chi connectivity index (χ3v) is 2.39. The number of aryl methyl sites for hydroxylation is 1. The van der Waals surface area contributed by atoms with Crippen molar-refractivity contribution in [2.75, 3.05) is 0 Å². The summed E-state index contributed by atoms with van der Waals surface area (Å²) in [5.41, 5.74) is 1.08. The highest BCUT2D eigenvalue weighted by molar-refractivity contribution is 4.94. The van der Waals surface area contributed by atoms with E-state index in [1.807, 2.05) is 6.92 Å². The van der Waals surface area contributed by atoms with Gasteiger partial charge in [0.05, 0.1) is 5.69 Å². The van der Waals surface area contributed by atoms with Gasteiger partial charge in [0.2, 0.25) is 0 Å². The zero-order chi connectivity index (χ0) is 7.68. The van der Waals surface area contributed by atoms with Crippen LogP contribution in [0.25, 0.3) is 0 Å². The highest BCUT2D eigenvalue weighted by atomic mass is 15.1. The van der Waals surface area contributed by atoms with E-state index in [0.29, 0.717) is 6.04 Å². The second kappa shape index (κ2) is 2.68. The van der Waals surface area contributed by atoms with Gasteiger partial charge in [0.15, 0.2) is 6.33 Å². The average Bonchev–Trinajstić information content (AvgIpc) is 2.55. The van der Waals surface area contributed by atoms with Gasteiger partial charge in [0.1, 0.15) is 0 Å². The van der Waals surface area contributed by atoms with E-state index in [2.05, 4.69) is 22.1 Å². The first-order chi connectivity index (χ1) is 5.36. The van der Waals surface area contributed by atoms with Crippen LogP contribution in [0.5, 0.6) is 0 Å². The van der Waals surface area contributed by atoms with Crippen molar-refractivity contribution in [3.8, 4) is 0 Å². The van der Waals surface area contributed by atoms with Crippen molar-refractivity contribution in [1.82, 2.24) is 9.55 Å². The minimum absolute atomic E-state index is 0.691. The Morgan fingerprint density at radius 2 is 2.27 bits per heavy atom. The normalized spacial score (nSPS) is 19.4. The fraction of sp³-hybridized carbons (Fsp3) is 0.667. The van der Waals surface area contributed by atoms with Gasteiger partial charge in [0.25, 0.3) is 0 Å². The summed E-state index contributed by atoms with van der Waals surface area (Å²) < 4.78 is 2.14. The van der Waals surface area contributed by atoms with E-state index < -0.39 is 0 Å². The molecule has 11 heavy (non-hydrogen) atoms. The first kappa shape index (κ1) is 6.89. The van der Waals surface area contributed by atoms with Gasteiger partial charge >= 0.3 is 0 Å². The predicted molar refractivity (Wildman–Crippen MR) is 43.3 cm³/mol. The van der Waals surface area contributed by atoms with Gasteiger partial charge in [-0.25, -0.2) is 4.98 Å². The van der Waals surface area contributed by atoms with Crippen LogP contribution < -0.4 is 0 Å². The van der Waals surface area contributed by atoms with Crippen LogP contribution in [0.15, 0.2) is 6.20 Å². The molecule has 0 N–H and O–H groups in total. The Balaban J connectivity index is 2.15. The Bertz CT molecular complexity index is 233. The minimum Gasteiger partial charge on any atom is -0.325 e. The molecule has 59 valence electrons. The van der Waals surface area contributed by atoms with Gasteiger partial charge in [-0.15, -0.1) is 0 Å². The summed E-state index contributed by atoms with van der Waals surface area (Å²) in [6, 6.07) is 0.691. The van der Waals surface area contributed by atoms with Crippen LogP contribution in [0.4, 0.5) is 0 Å². The van der Waals surface area contributed by atoms with E-state index in [1.54, 1.807) is 0 Å². The molecule has 1 radical (unpaired) electrons. The van der Waals surface area contributed by atoms with E-state index in [1.165, 1.54) is 25.7 Å². The number of nitrogens with zero attached hydrogens (tertiary/aromatic N) is 2. The Morgan fingerprint density at radius 1 is 1.55 bits per heavy atom. The maximum Gasteiger partial charge on any atom is 0.176 e. The molecular formula is C9H13N2. The van der Waals surface area contributed by atoms with Gasteiger partial charge in [0, 0.05) is 12.2 Å². The van der Waals surface area contributed by atoms with Crippen LogP contribution in [-0.4, -0.2) is 9.55 Å².